The molecular weight excluding hydrogens is 328 g/mol. The van der Waals surface area contributed by atoms with Crippen molar-refractivity contribution in [3.63, 3.8) is 0 Å². The summed E-state index contributed by atoms with van der Waals surface area (Å²) >= 11 is 0. The van der Waals surface area contributed by atoms with E-state index in [1.54, 1.807) is 0 Å². The Balaban J connectivity index is 2.33. The van der Waals surface area contributed by atoms with E-state index in [1.807, 2.05) is 0 Å². The normalized spacial score (nSPS) is 23.6. The molecule has 2 aliphatic rings. The highest BCUT2D eigenvalue weighted by Crippen LogP contribution is 2.55. The zero-order valence-corrected chi connectivity index (χ0v) is 12.9. The number of fused-ring (bicyclic) bond motifs is 1. The quantitative estimate of drug-likeness (QED) is 0.828. The minimum Gasteiger partial charge on any atom is -0.385 e. The Labute approximate surface area is 135 Å². The third kappa shape index (κ3) is 2.41. The van der Waals surface area contributed by atoms with E-state index in [0.29, 0.717) is 0 Å². The first kappa shape index (κ1) is 16.9. The molecule has 130 valence electrons. The van der Waals surface area contributed by atoms with Crippen molar-refractivity contribution in [2.45, 2.75) is 18.0 Å². The van der Waals surface area contributed by atoms with Crippen LogP contribution in [-0.2, 0) is 14.9 Å². The zero-order chi connectivity index (χ0) is 17.5. The van der Waals surface area contributed by atoms with Gasteiger partial charge < -0.3 is 15.4 Å². The van der Waals surface area contributed by atoms with Gasteiger partial charge in [0.15, 0.2) is 5.78 Å². The minimum absolute atomic E-state index is 0.114. The second kappa shape index (κ2) is 5.86. The number of ether oxygens (including phenoxy) is 1. The minimum atomic E-state index is -4.77. The molecule has 0 spiro atoms. The second-order valence-corrected chi connectivity index (χ2v) is 5.84. The van der Waals surface area contributed by atoms with E-state index >= 15 is 0 Å². The molecule has 1 aromatic carbocycles. The Morgan fingerprint density at radius 1 is 1.29 bits per heavy atom. The first-order chi connectivity index (χ1) is 11.3. The van der Waals surface area contributed by atoms with Gasteiger partial charge in [0.05, 0.1) is 6.54 Å². The van der Waals surface area contributed by atoms with Gasteiger partial charge in [-0.05, 0) is 30.2 Å². The summed E-state index contributed by atoms with van der Waals surface area (Å²) in [5, 5.41) is 5.63. The number of methoxy groups -OCH3 is 1. The van der Waals surface area contributed by atoms with Crippen LogP contribution in [0.3, 0.4) is 0 Å². The van der Waals surface area contributed by atoms with E-state index in [9.17, 15) is 22.4 Å². The third-order valence-corrected chi connectivity index (χ3v) is 4.49. The first-order valence-corrected chi connectivity index (χ1v) is 7.41. The molecule has 0 bridgehead atoms. The van der Waals surface area contributed by atoms with Gasteiger partial charge in [0.1, 0.15) is 11.2 Å². The summed E-state index contributed by atoms with van der Waals surface area (Å²) in [5.74, 6) is -1.43. The van der Waals surface area contributed by atoms with E-state index in [1.165, 1.54) is 13.2 Å². The number of benzene rings is 1. The van der Waals surface area contributed by atoms with Gasteiger partial charge in [-0.1, -0.05) is 0 Å². The maximum absolute atomic E-state index is 14.3. The van der Waals surface area contributed by atoms with E-state index < -0.39 is 29.6 Å². The summed E-state index contributed by atoms with van der Waals surface area (Å²) in [6.07, 6.45) is -5.26. The van der Waals surface area contributed by atoms with Crippen LogP contribution < -0.4 is 10.6 Å². The van der Waals surface area contributed by atoms with Crippen LogP contribution in [0.1, 0.15) is 12.0 Å². The highest BCUT2D eigenvalue weighted by atomic mass is 19.4. The van der Waals surface area contributed by atoms with Crippen LogP contribution in [-0.4, -0.2) is 38.8 Å². The average molecular weight is 344 g/mol. The Kier molecular flexibility index (Phi) is 4.13. The summed E-state index contributed by atoms with van der Waals surface area (Å²) in [6.45, 7) is -0.286. The number of carbonyl (C=O) groups excluding carboxylic acids is 1. The largest absolute Gasteiger partial charge is 0.402 e. The molecule has 1 unspecified atom stereocenters. The molecule has 0 fully saturated rings. The molecule has 2 aliphatic heterocycles. The number of rotatable bonds is 3. The number of alkyl halides is 3. The van der Waals surface area contributed by atoms with Crippen LogP contribution in [0.2, 0.25) is 0 Å². The lowest BCUT2D eigenvalue weighted by molar-refractivity contribution is -0.186. The van der Waals surface area contributed by atoms with E-state index in [2.05, 4.69) is 10.6 Å². The van der Waals surface area contributed by atoms with Gasteiger partial charge in [-0.25, -0.2) is 4.39 Å². The number of carbonyl (C=O) groups is 1. The van der Waals surface area contributed by atoms with Crippen molar-refractivity contribution in [1.82, 2.24) is 5.32 Å². The molecule has 0 aromatic heterocycles. The molecule has 4 nitrogen and oxygen atoms in total. The summed E-state index contributed by atoms with van der Waals surface area (Å²) in [7, 11) is 1.29. The van der Waals surface area contributed by atoms with Crippen LogP contribution in [0.25, 0.3) is 0 Å². The fourth-order valence-corrected chi connectivity index (χ4v) is 3.48. The van der Waals surface area contributed by atoms with E-state index in [0.717, 1.165) is 12.1 Å². The molecular formula is C16H16F4N2O2. The smallest absolute Gasteiger partial charge is 0.385 e. The lowest BCUT2D eigenvalue weighted by atomic mass is 9.66. The first-order valence-electron chi connectivity index (χ1n) is 7.41. The summed E-state index contributed by atoms with van der Waals surface area (Å²) < 4.78 is 61.4. The van der Waals surface area contributed by atoms with Crippen molar-refractivity contribution >= 4 is 11.5 Å². The molecule has 1 atom stereocenters. The lowest BCUT2D eigenvalue weighted by Gasteiger charge is -2.44. The Morgan fingerprint density at radius 2 is 2.04 bits per heavy atom. The zero-order valence-electron chi connectivity index (χ0n) is 12.9. The molecule has 0 saturated carbocycles. The van der Waals surface area contributed by atoms with Gasteiger partial charge in [-0.15, -0.1) is 0 Å². The molecule has 0 saturated heterocycles. The van der Waals surface area contributed by atoms with Crippen LogP contribution in [0.4, 0.5) is 23.2 Å². The molecule has 3 rings (SSSR count). The molecule has 8 heteroatoms. The monoisotopic (exact) mass is 344 g/mol. The number of hydrogen-bond donors (Lipinski definition) is 2. The van der Waals surface area contributed by atoms with Crippen molar-refractivity contribution in [3.8, 4) is 0 Å². The Hall–Kier alpha value is -1.93. The average Bonchev–Trinajstić information content (AvgIpc) is 2.51. The Bertz CT molecular complexity index is 715. The standard InChI is InChI=1S/C16H16F4N2O2/c1-24-5-4-15(16(18,19)20)10-6-9(17)2-3-11(10)22-12-7-21-8-13(23)14(12)15/h2-3,6,21-22H,4-5,7-8H2,1H3. The van der Waals surface area contributed by atoms with Crippen molar-refractivity contribution < 1.29 is 27.1 Å². The fraction of sp³-hybridized carbons (Fsp3) is 0.438. The summed E-state index contributed by atoms with van der Waals surface area (Å²) in [4.78, 5) is 12.4. The van der Waals surface area contributed by atoms with Gasteiger partial charge >= 0.3 is 6.18 Å². The van der Waals surface area contributed by atoms with Gasteiger partial charge in [-0.3, -0.25) is 4.79 Å². The summed E-state index contributed by atoms with van der Waals surface area (Å²) in [6, 6.07) is 3.21. The molecule has 1 aromatic rings. The predicted octanol–water partition coefficient (Wildman–Crippen LogP) is 2.51. The topological polar surface area (TPSA) is 50.4 Å². The van der Waals surface area contributed by atoms with Crippen LogP contribution >= 0.6 is 0 Å². The molecule has 24 heavy (non-hydrogen) atoms. The predicted molar refractivity (Wildman–Crippen MR) is 79.2 cm³/mol. The van der Waals surface area contributed by atoms with Gasteiger partial charge in [0.25, 0.3) is 0 Å². The van der Waals surface area contributed by atoms with Gasteiger partial charge in [-0.2, -0.15) is 13.2 Å². The fourth-order valence-electron chi connectivity index (χ4n) is 3.48. The van der Waals surface area contributed by atoms with Gasteiger partial charge in [0.2, 0.25) is 0 Å². The van der Waals surface area contributed by atoms with Crippen LogP contribution in [0, 0.1) is 5.82 Å². The van der Waals surface area contributed by atoms with Gasteiger partial charge in [0, 0.05) is 37.2 Å². The number of anilines is 1. The van der Waals surface area contributed by atoms with Crippen molar-refractivity contribution in [2.75, 3.05) is 32.1 Å². The maximum Gasteiger partial charge on any atom is 0.402 e. The SMILES string of the molecule is COCCC1(C(F)(F)F)C2=C(CNCC2=O)Nc2ccc(F)cc21. The molecule has 2 heterocycles. The van der Waals surface area contributed by atoms with Crippen LogP contribution in [0.5, 0.6) is 0 Å². The van der Waals surface area contributed by atoms with Crippen molar-refractivity contribution in [1.29, 1.82) is 0 Å². The Morgan fingerprint density at radius 3 is 2.71 bits per heavy atom. The second-order valence-electron chi connectivity index (χ2n) is 5.84. The summed E-state index contributed by atoms with van der Waals surface area (Å²) in [5.41, 5.74) is -2.87. The maximum atomic E-state index is 14.3. The van der Waals surface area contributed by atoms with Crippen molar-refractivity contribution in [2.24, 2.45) is 0 Å². The third-order valence-electron chi connectivity index (χ3n) is 4.49. The number of Topliss-reactive ketones (excluding diaryl/α,β-unsaturated/α-hetero) is 1. The highest BCUT2D eigenvalue weighted by Gasteiger charge is 2.62. The molecule has 2 N–H and O–H groups in total. The lowest BCUT2D eigenvalue weighted by Crippen LogP contribution is -2.54. The van der Waals surface area contributed by atoms with E-state index in [-0.39, 0.29) is 42.2 Å². The van der Waals surface area contributed by atoms with Crippen LogP contribution in [0.15, 0.2) is 29.5 Å². The number of halogens is 4. The number of nitrogens with one attached hydrogen (secondary N) is 2. The van der Waals surface area contributed by atoms with Crippen molar-refractivity contribution in [3.05, 3.63) is 40.8 Å². The number of hydrogen-bond acceptors (Lipinski definition) is 4. The van der Waals surface area contributed by atoms with E-state index in [4.69, 9.17) is 4.74 Å². The molecule has 0 radical (unpaired) electrons. The highest BCUT2D eigenvalue weighted by molar-refractivity contribution is 6.03. The number of ketones is 1. The molecule has 0 amide bonds. The molecule has 0 aliphatic carbocycles.